The summed E-state index contributed by atoms with van der Waals surface area (Å²) in [4.78, 5) is 0. The first kappa shape index (κ1) is 8.62. The Morgan fingerprint density at radius 2 is 2.27 bits per heavy atom. The van der Waals surface area contributed by atoms with Crippen molar-refractivity contribution in [3.8, 4) is 12.3 Å². The Morgan fingerprint density at radius 3 is 2.91 bits per heavy atom. The van der Waals surface area contributed by atoms with Gasteiger partial charge < -0.3 is 5.11 Å². The van der Waals surface area contributed by atoms with Gasteiger partial charge in [-0.15, -0.1) is 12.3 Å². The Balaban J connectivity index is 2.18. The second-order valence-electron chi connectivity index (χ2n) is 3.43. The van der Waals surface area contributed by atoms with Crippen LogP contribution in [-0.4, -0.2) is 11.2 Å². The van der Waals surface area contributed by atoms with E-state index in [2.05, 4.69) is 5.92 Å². The van der Waals surface area contributed by atoms with Crippen LogP contribution in [0.15, 0.2) is 0 Å². The van der Waals surface area contributed by atoms with E-state index < -0.39 is 0 Å². The smallest absolute Gasteiger partial charge is 0.0542 e. The molecule has 1 saturated carbocycles. The molecule has 0 aromatic carbocycles. The first-order valence-corrected chi connectivity index (χ1v) is 4.44. The molecule has 1 heteroatoms. The van der Waals surface area contributed by atoms with Crippen LogP contribution >= 0.6 is 0 Å². The fourth-order valence-corrected chi connectivity index (χ4v) is 1.81. The number of hydrogen-bond donors (Lipinski definition) is 1. The van der Waals surface area contributed by atoms with Gasteiger partial charge in [0, 0.05) is 6.42 Å². The minimum Gasteiger partial charge on any atom is -0.393 e. The van der Waals surface area contributed by atoms with Crippen LogP contribution in [0.1, 0.15) is 38.5 Å². The molecular formula is C10H16O. The number of terminal acetylenes is 1. The van der Waals surface area contributed by atoms with Gasteiger partial charge in [0.15, 0.2) is 0 Å². The molecule has 0 aliphatic heterocycles. The van der Waals surface area contributed by atoms with Crippen molar-refractivity contribution >= 4 is 0 Å². The predicted molar refractivity (Wildman–Crippen MR) is 46.0 cm³/mol. The van der Waals surface area contributed by atoms with Crippen molar-refractivity contribution in [1.82, 2.24) is 0 Å². The maximum absolute atomic E-state index is 9.33. The number of aliphatic hydroxyl groups is 1. The summed E-state index contributed by atoms with van der Waals surface area (Å²) in [6.45, 7) is 0. The lowest BCUT2D eigenvalue weighted by molar-refractivity contribution is 0.0988. The van der Waals surface area contributed by atoms with Crippen LogP contribution in [0.4, 0.5) is 0 Å². The first-order chi connectivity index (χ1) is 5.33. The van der Waals surface area contributed by atoms with E-state index in [4.69, 9.17) is 6.42 Å². The third kappa shape index (κ3) is 2.95. The number of hydrogen-bond acceptors (Lipinski definition) is 1. The summed E-state index contributed by atoms with van der Waals surface area (Å²) in [6.07, 6.45) is 11.5. The van der Waals surface area contributed by atoms with E-state index in [0.717, 1.165) is 25.7 Å². The molecule has 1 rings (SSSR count). The van der Waals surface area contributed by atoms with E-state index in [1.165, 1.54) is 12.8 Å². The molecule has 0 amide bonds. The normalized spacial score (nSPS) is 31.3. The minimum absolute atomic E-state index is 0.0495. The third-order valence-electron chi connectivity index (χ3n) is 2.45. The standard InChI is InChI=1S/C10H16O/c1-2-3-5-9-6-4-7-10(11)8-9/h1,9-11H,3-8H2. The van der Waals surface area contributed by atoms with E-state index >= 15 is 0 Å². The maximum Gasteiger partial charge on any atom is 0.0542 e. The van der Waals surface area contributed by atoms with Crippen molar-refractivity contribution in [3.63, 3.8) is 0 Å². The van der Waals surface area contributed by atoms with Crippen molar-refractivity contribution in [2.75, 3.05) is 0 Å². The summed E-state index contributed by atoms with van der Waals surface area (Å²) < 4.78 is 0. The highest BCUT2D eigenvalue weighted by atomic mass is 16.3. The van der Waals surface area contributed by atoms with Gasteiger partial charge in [0.25, 0.3) is 0 Å². The van der Waals surface area contributed by atoms with E-state index in [1.54, 1.807) is 0 Å². The average molecular weight is 152 g/mol. The maximum atomic E-state index is 9.33. The average Bonchev–Trinajstić information content (AvgIpc) is 2.01. The molecule has 11 heavy (non-hydrogen) atoms. The Morgan fingerprint density at radius 1 is 1.45 bits per heavy atom. The zero-order valence-corrected chi connectivity index (χ0v) is 6.92. The van der Waals surface area contributed by atoms with Crippen LogP contribution in [-0.2, 0) is 0 Å². The van der Waals surface area contributed by atoms with Crippen LogP contribution in [0, 0.1) is 18.3 Å². The van der Waals surface area contributed by atoms with Crippen LogP contribution in [0.25, 0.3) is 0 Å². The molecule has 1 nitrogen and oxygen atoms in total. The molecule has 1 aliphatic carbocycles. The molecule has 0 aromatic heterocycles. The molecule has 0 aromatic rings. The van der Waals surface area contributed by atoms with Crippen molar-refractivity contribution in [3.05, 3.63) is 0 Å². The molecule has 1 N–H and O–H groups in total. The first-order valence-electron chi connectivity index (χ1n) is 4.44. The second-order valence-corrected chi connectivity index (χ2v) is 3.43. The lowest BCUT2D eigenvalue weighted by Crippen LogP contribution is -2.19. The molecule has 1 fully saturated rings. The minimum atomic E-state index is -0.0495. The molecule has 1 aliphatic rings. The van der Waals surface area contributed by atoms with Crippen LogP contribution < -0.4 is 0 Å². The molecule has 0 saturated heterocycles. The molecule has 2 atom stereocenters. The zero-order chi connectivity index (χ0) is 8.10. The highest BCUT2D eigenvalue weighted by Crippen LogP contribution is 2.27. The van der Waals surface area contributed by atoms with Gasteiger partial charge >= 0.3 is 0 Å². The zero-order valence-electron chi connectivity index (χ0n) is 6.92. The molecule has 0 radical (unpaired) electrons. The van der Waals surface area contributed by atoms with Gasteiger partial charge in [0.2, 0.25) is 0 Å². The Kier molecular flexibility index (Phi) is 3.45. The fourth-order valence-electron chi connectivity index (χ4n) is 1.81. The van der Waals surface area contributed by atoms with E-state index in [1.807, 2.05) is 0 Å². The highest BCUT2D eigenvalue weighted by molar-refractivity contribution is 4.85. The predicted octanol–water partition coefficient (Wildman–Crippen LogP) is 1.95. The molecular weight excluding hydrogens is 136 g/mol. The summed E-state index contributed by atoms with van der Waals surface area (Å²) in [7, 11) is 0. The second kappa shape index (κ2) is 4.41. The van der Waals surface area contributed by atoms with Gasteiger partial charge in [-0.2, -0.15) is 0 Å². The summed E-state index contributed by atoms with van der Waals surface area (Å²) in [5.74, 6) is 3.34. The molecule has 2 unspecified atom stereocenters. The number of aliphatic hydroxyl groups excluding tert-OH is 1. The van der Waals surface area contributed by atoms with Crippen molar-refractivity contribution in [2.24, 2.45) is 5.92 Å². The Hall–Kier alpha value is -0.480. The summed E-state index contributed by atoms with van der Waals surface area (Å²) in [6, 6.07) is 0. The SMILES string of the molecule is C#CCCC1CCCC(O)C1. The van der Waals surface area contributed by atoms with Gasteiger partial charge in [-0.1, -0.05) is 12.8 Å². The summed E-state index contributed by atoms with van der Waals surface area (Å²) in [5, 5.41) is 9.33. The topological polar surface area (TPSA) is 20.2 Å². The lowest BCUT2D eigenvalue weighted by Gasteiger charge is -2.24. The number of rotatable bonds is 2. The van der Waals surface area contributed by atoms with Crippen molar-refractivity contribution in [1.29, 1.82) is 0 Å². The van der Waals surface area contributed by atoms with Crippen molar-refractivity contribution in [2.45, 2.75) is 44.6 Å². The van der Waals surface area contributed by atoms with Crippen LogP contribution in [0.3, 0.4) is 0 Å². The summed E-state index contributed by atoms with van der Waals surface area (Å²) >= 11 is 0. The van der Waals surface area contributed by atoms with E-state index in [-0.39, 0.29) is 6.10 Å². The summed E-state index contributed by atoms with van der Waals surface area (Å²) in [5.41, 5.74) is 0. The van der Waals surface area contributed by atoms with Gasteiger partial charge in [0.05, 0.1) is 6.10 Å². The largest absolute Gasteiger partial charge is 0.393 e. The van der Waals surface area contributed by atoms with Gasteiger partial charge in [-0.05, 0) is 25.2 Å². The van der Waals surface area contributed by atoms with Gasteiger partial charge in [0.1, 0.15) is 0 Å². The van der Waals surface area contributed by atoms with E-state index in [9.17, 15) is 5.11 Å². The van der Waals surface area contributed by atoms with Crippen LogP contribution in [0.2, 0.25) is 0 Å². The molecule has 0 heterocycles. The third-order valence-corrected chi connectivity index (χ3v) is 2.45. The van der Waals surface area contributed by atoms with Gasteiger partial charge in [-0.3, -0.25) is 0 Å². The van der Waals surface area contributed by atoms with Gasteiger partial charge in [-0.25, -0.2) is 0 Å². The quantitative estimate of drug-likeness (QED) is 0.600. The van der Waals surface area contributed by atoms with Crippen molar-refractivity contribution < 1.29 is 5.11 Å². The molecule has 0 bridgehead atoms. The van der Waals surface area contributed by atoms with E-state index in [0.29, 0.717) is 5.92 Å². The Bertz CT molecular complexity index is 145. The monoisotopic (exact) mass is 152 g/mol. The lowest BCUT2D eigenvalue weighted by atomic mass is 9.84. The highest BCUT2D eigenvalue weighted by Gasteiger charge is 2.18. The molecule has 0 spiro atoms. The fraction of sp³-hybridized carbons (Fsp3) is 0.800. The Labute approximate surface area is 68.8 Å². The van der Waals surface area contributed by atoms with Crippen LogP contribution in [0.5, 0.6) is 0 Å². The molecule has 62 valence electrons.